The second-order valence-corrected chi connectivity index (χ2v) is 6.02. The summed E-state index contributed by atoms with van der Waals surface area (Å²) in [5, 5.41) is 9.03. The number of rotatable bonds is 4. The van der Waals surface area contributed by atoms with Gasteiger partial charge in [-0.3, -0.25) is 13.6 Å². The van der Waals surface area contributed by atoms with Crippen molar-refractivity contribution in [3.8, 4) is 0 Å². The van der Waals surface area contributed by atoms with Gasteiger partial charge in [0.05, 0.1) is 0 Å². The normalized spacial score (nSPS) is 15.8. The van der Waals surface area contributed by atoms with Crippen LogP contribution in [0.25, 0.3) is 0 Å². The van der Waals surface area contributed by atoms with E-state index in [1.54, 1.807) is 0 Å². The van der Waals surface area contributed by atoms with Crippen LogP contribution in [0, 0.1) is 0 Å². The lowest BCUT2D eigenvalue weighted by Crippen LogP contribution is -2.27. The maximum absolute atomic E-state index is 11.2. The fourth-order valence-corrected chi connectivity index (χ4v) is 1.39. The van der Waals surface area contributed by atoms with Crippen LogP contribution in [0.5, 0.6) is 0 Å². The molecule has 0 unspecified atom stereocenters. The quantitative estimate of drug-likeness (QED) is 0.483. The topological polar surface area (TPSA) is 65.0 Å². The summed E-state index contributed by atoms with van der Waals surface area (Å²) in [7, 11) is -1.71. The third kappa shape index (κ3) is 4.81. The summed E-state index contributed by atoms with van der Waals surface area (Å²) < 4.78 is 22.1. The minimum Gasteiger partial charge on any atom is -0.364 e. The number of aliphatic hydroxyl groups is 1. The van der Waals surface area contributed by atoms with E-state index >= 15 is 0 Å². The van der Waals surface area contributed by atoms with Gasteiger partial charge in [-0.25, -0.2) is 4.57 Å². The van der Waals surface area contributed by atoms with Crippen LogP contribution in [0.1, 0.15) is 0 Å². The molecule has 0 aromatic heterocycles. The molecular weight excluding hydrogens is 265 g/mol. The summed E-state index contributed by atoms with van der Waals surface area (Å²) in [6.45, 7) is 0. The summed E-state index contributed by atoms with van der Waals surface area (Å²) in [4.78, 5) is 0. The second kappa shape index (κ2) is 5.14. The third-order valence-corrected chi connectivity index (χ3v) is 2.87. The van der Waals surface area contributed by atoms with Crippen molar-refractivity contribution in [2.24, 2.45) is 0 Å². The minimum atomic E-state index is -3.84. The molecule has 1 atom stereocenters. The molecule has 0 spiro atoms. The first-order valence-electron chi connectivity index (χ1n) is 2.90. The van der Waals surface area contributed by atoms with E-state index in [0.29, 0.717) is 0 Å². The van der Waals surface area contributed by atoms with E-state index in [9.17, 15) is 4.57 Å². The van der Waals surface area contributed by atoms with Crippen molar-refractivity contribution in [3.05, 3.63) is 0 Å². The van der Waals surface area contributed by atoms with Gasteiger partial charge in [0, 0.05) is 14.2 Å². The van der Waals surface area contributed by atoms with E-state index in [4.69, 9.17) is 39.9 Å². The molecule has 0 fully saturated rings. The molecule has 0 rings (SSSR count). The maximum atomic E-state index is 11.2. The summed E-state index contributed by atoms with van der Waals surface area (Å²) in [5.74, 6) is 0. The number of phosphoric acid groups is 1. The largest absolute Gasteiger partial charge is 0.476 e. The maximum Gasteiger partial charge on any atom is 0.476 e. The fraction of sp³-hybridized carbons (Fsp3) is 1.00. The van der Waals surface area contributed by atoms with Crippen molar-refractivity contribution < 1.29 is 23.2 Å². The average Bonchev–Trinajstić information content (AvgIpc) is 2.02. The molecule has 0 amide bonds. The highest BCUT2D eigenvalue weighted by molar-refractivity contribution is 7.48. The van der Waals surface area contributed by atoms with Crippen molar-refractivity contribution in [2.75, 3.05) is 14.2 Å². The molecule has 0 aromatic rings. The van der Waals surface area contributed by atoms with E-state index in [2.05, 4.69) is 13.6 Å². The Morgan fingerprint density at radius 1 is 1.31 bits per heavy atom. The van der Waals surface area contributed by atoms with E-state index < -0.39 is 17.9 Å². The lowest BCUT2D eigenvalue weighted by Gasteiger charge is -2.22. The number of aliphatic hydroxyl groups excluding tert-OH is 1. The van der Waals surface area contributed by atoms with Gasteiger partial charge < -0.3 is 5.11 Å². The average molecular weight is 273 g/mol. The zero-order valence-electron chi connectivity index (χ0n) is 6.74. The first-order chi connectivity index (χ1) is 5.75. The van der Waals surface area contributed by atoms with Gasteiger partial charge in [-0.2, -0.15) is 0 Å². The molecule has 0 saturated heterocycles. The van der Waals surface area contributed by atoms with E-state index in [-0.39, 0.29) is 0 Å². The SMILES string of the molecule is COP(=O)(OC)O[C@@H](O)C(Cl)(Cl)Cl. The van der Waals surface area contributed by atoms with Crippen LogP contribution in [0.4, 0.5) is 0 Å². The molecule has 0 aliphatic rings. The molecular formula is C4H8Cl3O5P. The van der Waals surface area contributed by atoms with Crippen molar-refractivity contribution in [1.29, 1.82) is 0 Å². The number of phosphoric ester groups is 1. The Balaban J connectivity index is 4.35. The Morgan fingerprint density at radius 3 is 1.92 bits per heavy atom. The van der Waals surface area contributed by atoms with Gasteiger partial charge in [0.15, 0.2) is 0 Å². The predicted octanol–water partition coefficient (Wildman–Crippen LogP) is 2.09. The Hall–Kier alpha value is 0.940. The molecule has 0 radical (unpaired) electrons. The van der Waals surface area contributed by atoms with Gasteiger partial charge in [0.1, 0.15) is 0 Å². The summed E-state index contributed by atoms with van der Waals surface area (Å²) in [6.07, 6.45) is -1.90. The second-order valence-electron chi connectivity index (χ2n) is 1.81. The first-order valence-corrected chi connectivity index (χ1v) is 5.49. The third-order valence-electron chi connectivity index (χ3n) is 0.956. The van der Waals surface area contributed by atoms with Crippen LogP contribution < -0.4 is 0 Å². The molecule has 0 aromatic carbocycles. The molecule has 1 N–H and O–H groups in total. The number of alkyl halides is 3. The Kier molecular flexibility index (Phi) is 5.51. The van der Waals surface area contributed by atoms with E-state index in [1.165, 1.54) is 0 Å². The Bertz CT molecular complexity index is 196. The smallest absolute Gasteiger partial charge is 0.364 e. The Morgan fingerprint density at radius 2 is 1.69 bits per heavy atom. The molecule has 0 aliphatic carbocycles. The number of hydrogen-bond donors (Lipinski definition) is 1. The van der Waals surface area contributed by atoms with Gasteiger partial charge in [0.2, 0.25) is 10.1 Å². The predicted molar refractivity (Wildman–Crippen MR) is 49.0 cm³/mol. The molecule has 80 valence electrons. The number of halogens is 3. The molecule has 9 heteroatoms. The van der Waals surface area contributed by atoms with E-state index in [1.807, 2.05) is 0 Å². The molecule has 0 heterocycles. The monoisotopic (exact) mass is 272 g/mol. The highest BCUT2D eigenvalue weighted by Gasteiger charge is 2.39. The zero-order valence-corrected chi connectivity index (χ0v) is 9.90. The van der Waals surface area contributed by atoms with Crippen molar-refractivity contribution in [2.45, 2.75) is 10.1 Å². The Labute approximate surface area is 90.4 Å². The van der Waals surface area contributed by atoms with Crippen LogP contribution in [-0.4, -0.2) is 29.4 Å². The lowest BCUT2D eigenvalue weighted by atomic mass is 10.8. The standard InChI is InChI=1S/C4H8Cl3O5P/c1-10-13(9,11-2)12-3(8)4(5,6)7/h3,8H,1-2H3/t3-/m1/s1. The van der Waals surface area contributed by atoms with Crippen molar-refractivity contribution in [3.63, 3.8) is 0 Å². The molecule has 0 aliphatic heterocycles. The van der Waals surface area contributed by atoms with Crippen LogP contribution in [0.15, 0.2) is 0 Å². The van der Waals surface area contributed by atoms with Gasteiger partial charge in [-0.15, -0.1) is 0 Å². The van der Waals surface area contributed by atoms with Crippen molar-refractivity contribution in [1.82, 2.24) is 0 Å². The molecule has 5 nitrogen and oxygen atoms in total. The van der Waals surface area contributed by atoms with Gasteiger partial charge in [-0.05, 0) is 0 Å². The summed E-state index contributed by atoms with van der Waals surface area (Å²) >= 11 is 15.7. The zero-order chi connectivity index (χ0) is 10.7. The fourth-order valence-electron chi connectivity index (χ4n) is 0.343. The van der Waals surface area contributed by atoms with E-state index in [0.717, 1.165) is 14.2 Å². The summed E-state index contributed by atoms with van der Waals surface area (Å²) in [5.41, 5.74) is 0. The highest BCUT2D eigenvalue weighted by Crippen LogP contribution is 2.51. The molecule has 13 heavy (non-hydrogen) atoms. The van der Waals surface area contributed by atoms with Gasteiger partial charge in [0.25, 0.3) is 0 Å². The van der Waals surface area contributed by atoms with Gasteiger partial charge >= 0.3 is 7.82 Å². The number of hydrogen-bond acceptors (Lipinski definition) is 5. The molecule has 0 saturated carbocycles. The lowest BCUT2D eigenvalue weighted by molar-refractivity contribution is -0.0389. The van der Waals surface area contributed by atoms with Crippen LogP contribution in [0.2, 0.25) is 0 Å². The first kappa shape index (κ1) is 13.9. The van der Waals surface area contributed by atoms with Crippen LogP contribution in [-0.2, 0) is 18.1 Å². The van der Waals surface area contributed by atoms with Gasteiger partial charge in [-0.1, -0.05) is 34.8 Å². The van der Waals surface area contributed by atoms with Crippen molar-refractivity contribution >= 4 is 42.6 Å². The highest BCUT2D eigenvalue weighted by atomic mass is 35.6. The molecule has 0 bridgehead atoms. The minimum absolute atomic E-state index is 1.06. The summed E-state index contributed by atoms with van der Waals surface area (Å²) in [6, 6.07) is 0. The van der Waals surface area contributed by atoms with Crippen LogP contribution in [0.3, 0.4) is 0 Å². The van der Waals surface area contributed by atoms with Crippen LogP contribution >= 0.6 is 42.6 Å².